The van der Waals surface area contributed by atoms with Gasteiger partial charge in [0.05, 0.1) is 11.4 Å². The number of alkyl halides is 3. The molecule has 14 heteroatoms. The lowest BCUT2D eigenvalue weighted by Gasteiger charge is -2.28. The molecule has 0 aromatic heterocycles. The lowest BCUT2D eigenvalue weighted by molar-refractivity contribution is -0.147. The molecule has 47 heavy (non-hydrogen) atoms. The summed E-state index contributed by atoms with van der Waals surface area (Å²) in [7, 11) is 0. The lowest BCUT2D eigenvalue weighted by atomic mass is 9.82. The molecule has 1 saturated carbocycles. The Morgan fingerprint density at radius 1 is 1.06 bits per heavy atom. The van der Waals surface area contributed by atoms with Crippen LogP contribution in [0.15, 0.2) is 53.5 Å². The average Bonchev–Trinajstić information content (AvgIpc) is 3.85. The summed E-state index contributed by atoms with van der Waals surface area (Å²) in [5, 5.41) is 2.50. The molecule has 1 aliphatic heterocycles. The first-order valence-electron chi connectivity index (χ1n) is 15.5. The van der Waals surface area contributed by atoms with Crippen LogP contribution in [0.4, 0.5) is 23.2 Å². The van der Waals surface area contributed by atoms with E-state index in [-0.39, 0.29) is 41.6 Å². The molecule has 4 unspecified atom stereocenters. The van der Waals surface area contributed by atoms with Gasteiger partial charge in [0.25, 0.3) is 5.91 Å². The molecule has 4 atom stereocenters. The molecule has 1 aliphatic carbocycles. The number of para-hydroxylation sites is 1. The van der Waals surface area contributed by atoms with Gasteiger partial charge < -0.3 is 21.5 Å². The highest BCUT2D eigenvalue weighted by molar-refractivity contribution is 6.20. The van der Waals surface area contributed by atoms with Gasteiger partial charge in [-0.3, -0.25) is 24.1 Å². The minimum Gasteiger partial charge on any atom is -0.443 e. The first-order chi connectivity index (χ1) is 22.2. The van der Waals surface area contributed by atoms with E-state index in [2.05, 4.69) is 10.3 Å². The van der Waals surface area contributed by atoms with Crippen molar-refractivity contribution in [1.29, 1.82) is 0 Å². The van der Waals surface area contributed by atoms with Crippen molar-refractivity contribution in [3.8, 4) is 0 Å². The molecule has 0 spiro atoms. The number of nitrogens with zero attached hydrogens (tertiary/aromatic N) is 2. The van der Waals surface area contributed by atoms with Crippen LogP contribution < -0.4 is 21.7 Å². The van der Waals surface area contributed by atoms with Gasteiger partial charge >= 0.3 is 12.1 Å². The first-order valence-corrected chi connectivity index (χ1v) is 15.5. The van der Waals surface area contributed by atoms with E-state index in [1.165, 1.54) is 12.1 Å². The van der Waals surface area contributed by atoms with Crippen LogP contribution in [0.1, 0.15) is 63.5 Å². The summed E-state index contributed by atoms with van der Waals surface area (Å²) >= 11 is 0. The monoisotopic (exact) mass is 661 g/mol. The molecule has 2 aliphatic rings. The molecule has 1 fully saturated rings. The second-order valence-corrected chi connectivity index (χ2v) is 12.3. The molecule has 254 valence electrons. The van der Waals surface area contributed by atoms with Gasteiger partial charge in [-0.15, -0.1) is 0 Å². The van der Waals surface area contributed by atoms with Crippen LogP contribution in [0.25, 0.3) is 0 Å². The summed E-state index contributed by atoms with van der Waals surface area (Å²) < 4.78 is 60.1. The summed E-state index contributed by atoms with van der Waals surface area (Å²) in [6.45, 7) is 2.60. The Morgan fingerprint density at radius 3 is 2.34 bits per heavy atom. The number of benzene rings is 2. The third-order valence-electron chi connectivity index (χ3n) is 8.37. The second-order valence-electron chi connectivity index (χ2n) is 12.3. The van der Waals surface area contributed by atoms with Gasteiger partial charge in [-0.25, -0.2) is 9.38 Å². The molecular weight excluding hydrogens is 622 g/mol. The quantitative estimate of drug-likeness (QED) is 0.204. The van der Waals surface area contributed by atoms with Gasteiger partial charge in [0.1, 0.15) is 11.9 Å². The summed E-state index contributed by atoms with van der Waals surface area (Å²) in [6.07, 6.45) is -6.40. The average molecular weight is 662 g/mol. The van der Waals surface area contributed by atoms with E-state index in [0.717, 1.165) is 23.8 Å². The summed E-state index contributed by atoms with van der Waals surface area (Å²) in [5.41, 5.74) is 12.0. The minimum absolute atomic E-state index is 0.104. The fourth-order valence-electron chi connectivity index (χ4n) is 5.51. The Hall–Kier alpha value is -4.33. The van der Waals surface area contributed by atoms with E-state index >= 15 is 4.39 Å². The minimum atomic E-state index is -4.49. The number of benzodiazepines with no additional fused rings is 1. The molecular formula is C33H39F4N5O5. The number of anilines is 1. The van der Waals surface area contributed by atoms with Gasteiger partial charge in [0.15, 0.2) is 6.73 Å². The number of ether oxygens (including phenoxy) is 1. The number of aliphatic imine (C=N–C) groups is 1. The Balaban J connectivity index is 1.75. The zero-order chi connectivity index (χ0) is 34.5. The summed E-state index contributed by atoms with van der Waals surface area (Å²) in [4.78, 5) is 58.5. The first kappa shape index (κ1) is 35.5. The molecule has 0 saturated heterocycles. The zero-order valence-corrected chi connectivity index (χ0v) is 26.1. The van der Waals surface area contributed by atoms with Gasteiger partial charge in [-0.1, -0.05) is 69.2 Å². The van der Waals surface area contributed by atoms with Gasteiger partial charge in [-0.2, -0.15) is 13.2 Å². The number of rotatable bonds is 14. The molecule has 5 N–H and O–H groups in total. The number of hydrogen-bond acceptors (Lipinski definition) is 7. The lowest BCUT2D eigenvalue weighted by Crippen LogP contribution is -2.52. The molecule has 10 nitrogen and oxygen atoms in total. The van der Waals surface area contributed by atoms with Crippen LogP contribution in [0.2, 0.25) is 0 Å². The van der Waals surface area contributed by atoms with E-state index in [1.807, 2.05) is 0 Å². The van der Waals surface area contributed by atoms with Crippen molar-refractivity contribution in [2.45, 2.75) is 70.8 Å². The number of fused-ring (bicyclic) bond motifs is 1. The topological polar surface area (TPSA) is 157 Å². The maximum atomic E-state index is 15.6. The maximum Gasteiger partial charge on any atom is 0.389 e. The summed E-state index contributed by atoms with van der Waals surface area (Å²) in [6, 6.07) is 11.4. The predicted molar refractivity (Wildman–Crippen MR) is 165 cm³/mol. The highest BCUT2D eigenvalue weighted by atomic mass is 19.4. The largest absolute Gasteiger partial charge is 0.443 e. The highest BCUT2D eigenvalue weighted by Gasteiger charge is 2.41. The number of hydrogen-bond donors (Lipinski definition) is 3. The van der Waals surface area contributed by atoms with Crippen molar-refractivity contribution in [2.24, 2.45) is 40.1 Å². The normalized spacial score (nSPS) is 18.5. The fourth-order valence-corrected chi connectivity index (χ4v) is 5.51. The molecule has 3 amide bonds. The van der Waals surface area contributed by atoms with E-state index in [1.54, 1.807) is 44.2 Å². The second kappa shape index (κ2) is 15.1. The Labute approximate surface area is 269 Å². The Morgan fingerprint density at radius 2 is 1.74 bits per heavy atom. The number of nitrogens with one attached hydrogen (secondary N) is 1. The number of carbonyl (C=O) groups excluding carboxylic acids is 4. The van der Waals surface area contributed by atoms with Crippen LogP contribution in [0.3, 0.4) is 0 Å². The highest BCUT2D eigenvalue weighted by Crippen LogP contribution is 2.39. The zero-order valence-electron chi connectivity index (χ0n) is 26.1. The number of amides is 3. The Kier molecular flexibility index (Phi) is 11.4. The number of primary amides is 1. The molecule has 4 rings (SSSR count). The Bertz CT molecular complexity index is 1500. The van der Waals surface area contributed by atoms with Crippen LogP contribution in [-0.4, -0.2) is 54.5 Å². The van der Waals surface area contributed by atoms with E-state index in [4.69, 9.17) is 16.2 Å². The van der Waals surface area contributed by atoms with E-state index in [0.29, 0.717) is 5.56 Å². The van der Waals surface area contributed by atoms with Crippen molar-refractivity contribution in [3.05, 3.63) is 65.5 Å². The van der Waals surface area contributed by atoms with Crippen LogP contribution in [0.5, 0.6) is 0 Å². The fraction of sp³-hybridized carbons (Fsp3) is 0.485. The standard InChI is InChI=1S/C33H39F4N5O5/c1-18(2)25(38)32(46)47-17-42-27-22(10-6-12-24(27)34)26(20-8-4-3-5-9-20)40-29(31(42)45)41-30(44)21(11-7-15-33(35,36)37)23(28(39)43)16-19-13-14-19/h3-6,8-10,12,18-19,21,23,25,29H,7,11,13-17,38H2,1-2H3,(H2,39,43)(H,41,44). The van der Waals surface area contributed by atoms with Crippen LogP contribution >= 0.6 is 0 Å². The third kappa shape index (κ3) is 9.15. The van der Waals surface area contributed by atoms with Crippen molar-refractivity contribution in [3.63, 3.8) is 0 Å². The van der Waals surface area contributed by atoms with Gasteiger partial charge in [-0.05, 0) is 37.2 Å². The molecule has 0 radical (unpaired) electrons. The van der Waals surface area contributed by atoms with Crippen molar-refractivity contribution in [2.75, 3.05) is 11.6 Å². The molecule has 1 heterocycles. The van der Waals surface area contributed by atoms with Gasteiger partial charge in [0.2, 0.25) is 18.0 Å². The number of carbonyl (C=O) groups is 4. The van der Waals surface area contributed by atoms with Crippen molar-refractivity contribution >= 4 is 35.1 Å². The SMILES string of the molecule is CC(C)C(N)C(=O)OCN1C(=O)C(NC(=O)C(CCCC(F)(F)F)C(CC2CC2)C(N)=O)N=C(c2ccccc2)c2cccc(F)c21. The van der Waals surface area contributed by atoms with Crippen molar-refractivity contribution < 1.29 is 41.5 Å². The summed E-state index contributed by atoms with van der Waals surface area (Å²) in [5.74, 6) is -7.02. The van der Waals surface area contributed by atoms with E-state index < -0.39 is 79.3 Å². The smallest absolute Gasteiger partial charge is 0.389 e. The number of esters is 1. The van der Waals surface area contributed by atoms with Crippen molar-refractivity contribution in [1.82, 2.24) is 5.32 Å². The van der Waals surface area contributed by atoms with Crippen LogP contribution in [-0.2, 0) is 23.9 Å². The van der Waals surface area contributed by atoms with E-state index in [9.17, 15) is 32.3 Å². The van der Waals surface area contributed by atoms with Crippen LogP contribution in [0, 0.1) is 29.5 Å². The van der Waals surface area contributed by atoms with Gasteiger partial charge in [0, 0.05) is 29.4 Å². The molecule has 2 aromatic carbocycles. The molecule has 2 aromatic rings. The predicted octanol–water partition coefficient (Wildman–Crippen LogP) is 4.19. The molecule has 0 bridgehead atoms. The maximum absolute atomic E-state index is 15.6. The number of halogens is 4. The number of nitrogens with two attached hydrogens (primary N) is 2. The third-order valence-corrected chi connectivity index (χ3v) is 8.37.